The van der Waals surface area contributed by atoms with Gasteiger partial charge in [0.25, 0.3) is 5.56 Å². The van der Waals surface area contributed by atoms with Crippen LogP contribution in [0.2, 0.25) is 5.02 Å². The van der Waals surface area contributed by atoms with Crippen LogP contribution in [0.15, 0.2) is 66.0 Å². The van der Waals surface area contributed by atoms with Crippen LogP contribution < -0.4 is 11.3 Å². The number of nitrogens with one attached hydrogen (secondary N) is 1. The number of imidazole rings is 1. The van der Waals surface area contributed by atoms with E-state index in [0.717, 1.165) is 23.9 Å². The van der Waals surface area contributed by atoms with Crippen LogP contribution in [0.5, 0.6) is 0 Å². The summed E-state index contributed by atoms with van der Waals surface area (Å²) in [6, 6.07) is 13.4. The van der Waals surface area contributed by atoms with Crippen LogP contribution in [0, 0.1) is 5.82 Å². The topological polar surface area (TPSA) is 102 Å². The van der Waals surface area contributed by atoms with Crippen LogP contribution in [-0.4, -0.2) is 24.5 Å². The first kappa shape index (κ1) is 21.5. The lowest BCUT2D eigenvalue weighted by Crippen LogP contribution is -2.22. The molecule has 0 atom stereocenters. The minimum absolute atomic E-state index is 0.220. The number of benzene rings is 2. The maximum atomic E-state index is 13.5. The molecule has 3 heterocycles. The second-order valence-electron chi connectivity index (χ2n) is 7.10. The van der Waals surface area contributed by atoms with E-state index in [1.165, 1.54) is 24.8 Å². The predicted octanol–water partition coefficient (Wildman–Crippen LogP) is 4.67. The van der Waals surface area contributed by atoms with Crippen molar-refractivity contribution in [2.24, 2.45) is 0 Å². The predicted molar refractivity (Wildman–Crippen MR) is 125 cm³/mol. The van der Waals surface area contributed by atoms with Gasteiger partial charge in [-0.05, 0) is 48.2 Å². The number of halogens is 2. The van der Waals surface area contributed by atoms with Gasteiger partial charge in [-0.3, -0.25) is 9.36 Å². The van der Waals surface area contributed by atoms with Gasteiger partial charge in [-0.15, -0.1) is 0 Å². The Morgan fingerprint density at radius 1 is 1.12 bits per heavy atom. The molecule has 0 spiro atoms. The molecule has 5 aromatic rings. The molecule has 7 nitrogen and oxygen atoms in total. The number of hydrogen-bond donors (Lipinski definition) is 2. The Hall–Kier alpha value is -3.78. The lowest BCUT2D eigenvalue weighted by molar-refractivity contribution is 0.629. The molecule has 2 aromatic carbocycles. The fourth-order valence-electron chi connectivity index (χ4n) is 3.46. The first-order chi connectivity index (χ1) is 15.5. The molecule has 0 fully saturated rings. The molecule has 0 saturated heterocycles. The molecule has 0 aliphatic heterocycles. The Kier molecular flexibility index (Phi) is 6.13. The SMILES string of the molecule is CCCc1cc2ccc(F)cc2c(=O)n1-c1cccc(Cl)c1.Nc1ncnc2nc[nH]c12. The number of aromatic nitrogens is 5. The maximum Gasteiger partial charge on any atom is 0.263 e. The van der Waals surface area contributed by atoms with E-state index in [1.807, 2.05) is 12.1 Å². The molecule has 0 radical (unpaired) electrons. The van der Waals surface area contributed by atoms with Crippen LogP contribution in [0.1, 0.15) is 19.0 Å². The molecule has 3 N–H and O–H groups in total. The third-order valence-electron chi connectivity index (χ3n) is 4.88. The molecule has 0 saturated carbocycles. The molecule has 3 aromatic heterocycles. The van der Waals surface area contributed by atoms with Gasteiger partial charge in [0.15, 0.2) is 11.5 Å². The number of nitrogen functional groups attached to an aromatic ring is 1. The van der Waals surface area contributed by atoms with Crippen LogP contribution in [0.25, 0.3) is 27.6 Å². The quantitative estimate of drug-likeness (QED) is 0.415. The van der Waals surface area contributed by atoms with E-state index in [4.69, 9.17) is 17.3 Å². The van der Waals surface area contributed by atoms with Crippen molar-refractivity contribution in [2.75, 3.05) is 5.73 Å². The summed E-state index contributed by atoms with van der Waals surface area (Å²) < 4.78 is 15.1. The molecule has 0 aliphatic rings. The lowest BCUT2D eigenvalue weighted by Gasteiger charge is -2.14. The zero-order valence-electron chi connectivity index (χ0n) is 17.2. The number of hydrogen-bond acceptors (Lipinski definition) is 5. The Morgan fingerprint density at radius 2 is 1.97 bits per heavy atom. The third kappa shape index (κ3) is 4.31. The van der Waals surface area contributed by atoms with Gasteiger partial charge in [-0.2, -0.15) is 0 Å². The highest BCUT2D eigenvalue weighted by Crippen LogP contribution is 2.20. The summed E-state index contributed by atoms with van der Waals surface area (Å²) in [5.74, 6) is 0.0213. The summed E-state index contributed by atoms with van der Waals surface area (Å²) in [7, 11) is 0. The van der Waals surface area contributed by atoms with Gasteiger partial charge in [-0.25, -0.2) is 19.3 Å². The molecule has 5 rings (SSSR count). The van der Waals surface area contributed by atoms with E-state index < -0.39 is 5.82 Å². The summed E-state index contributed by atoms with van der Waals surface area (Å²) in [5.41, 5.74) is 8.16. The summed E-state index contributed by atoms with van der Waals surface area (Å²) in [4.78, 5) is 27.2. The molecule has 9 heteroatoms. The van der Waals surface area contributed by atoms with Crippen molar-refractivity contribution in [2.45, 2.75) is 19.8 Å². The highest BCUT2D eigenvalue weighted by atomic mass is 35.5. The average Bonchev–Trinajstić information content (AvgIpc) is 3.26. The molecular weight excluding hydrogens is 431 g/mol. The summed E-state index contributed by atoms with van der Waals surface area (Å²) >= 11 is 6.04. The summed E-state index contributed by atoms with van der Waals surface area (Å²) in [6.45, 7) is 2.06. The van der Waals surface area contributed by atoms with E-state index in [-0.39, 0.29) is 5.56 Å². The van der Waals surface area contributed by atoms with Crippen LogP contribution in [0.4, 0.5) is 10.2 Å². The molecule has 162 valence electrons. The monoisotopic (exact) mass is 450 g/mol. The van der Waals surface area contributed by atoms with Crippen LogP contribution in [0.3, 0.4) is 0 Å². The van der Waals surface area contributed by atoms with Gasteiger partial charge in [0.1, 0.15) is 17.7 Å². The van der Waals surface area contributed by atoms with Gasteiger partial charge in [-0.1, -0.05) is 37.1 Å². The number of anilines is 1. The zero-order chi connectivity index (χ0) is 22.7. The number of aromatic amines is 1. The number of fused-ring (bicyclic) bond motifs is 2. The van der Waals surface area contributed by atoms with Crippen LogP contribution >= 0.6 is 11.6 Å². The fourth-order valence-corrected chi connectivity index (χ4v) is 3.64. The van der Waals surface area contributed by atoms with Crippen molar-refractivity contribution in [1.29, 1.82) is 0 Å². The number of pyridine rings is 1. The average molecular weight is 451 g/mol. The van der Waals surface area contributed by atoms with Crippen molar-refractivity contribution >= 4 is 39.4 Å². The lowest BCUT2D eigenvalue weighted by atomic mass is 10.1. The Morgan fingerprint density at radius 3 is 2.72 bits per heavy atom. The number of aryl methyl sites for hydroxylation is 1. The molecule has 32 heavy (non-hydrogen) atoms. The zero-order valence-corrected chi connectivity index (χ0v) is 18.0. The Balaban J connectivity index is 0.000000203. The van der Waals surface area contributed by atoms with Crippen molar-refractivity contribution in [1.82, 2.24) is 24.5 Å². The normalized spacial score (nSPS) is 10.8. The summed E-state index contributed by atoms with van der Waals surface area (Å²) in [6.07, 6.45) is 4.59. The summed E-state index contributed by atoms with van der Waals surface area (Å²) in [5, 5.41) is 1.69. The third-order valence-corrected chi connectivity index (χ3v) is 5.12. The minimum Gasteiger partial charge on any atom is -0.382 e. The van der Waals surface area contributed by atoms with Crippen molar-refractivity contribution in [3.05, 3.63) is 88.1 Å². The van der Waals surface area contributed by atoms with Gasteiger partial charge >= 0.3 is 0 Å². The number of rotatable bonds is 3. The van der Waals surface area contributed by atoms with Crippen molar-refractivity contribution in [3.8, 4) is 5.69 Å². The smallest absolute Gasteiger partial charge is 0.263 e. The first-order valence-corrected chi connectivity index (χ1v) is 10.4. The molecule has 0 unspecified atom stereocenters. The number of nitrogens with zero attached hydrogens (tertiary/aromatic N) is 4. The van der Waals surface area contributed by atoms with Crippen LogP contribution in [-0.2, 0) is 6.42 Å². The van der Waals surface area contributed by atoms with E-state index in [9.17, 15) is 9.18 Å². The molecular formula is C23H20ClFN6O. The highest BCUT2D eigenvalue weighted by Gasteiger charge is 2.11. The molecule has 0 aliphatic carbocycles. The molecule has 0 amide bonds. The maximum absolute atomic E-state index is 13.5. The van der Waals surface area contributed by atoms with Crippen molar-refractivity contribution < 1.29 is 4.39 Å². The van der Waals surface area contributed by atoms with Gasteiger partial charge in [0.2, 0.25) is 0 Å². The minimum atomic E-state index is -0.412. The Labute approximate surface area is 187 Å². The Bertz CT molecular complexity index is 1460. The second-order valence-corrected chi connectivity index (χ2v) is 7.53. The van der Waals surface area contributed by atoms with Crippen molar-refractivity contribution in [3.63, 3.8) is 0 Å². The van der Waals surface area contributed by atoms with E-state index in [0.29, 0.717) is 33.1 Å². The fraction of sp³-hybridized carbons (Fsp3) is 0.130. The van der Waals surface area contributed by atoms with Gasteiger partial charge < -0.3 is 10.7 Å². The number of nitrogens with two attached hydrogens (primary N) is 1. The van der Waals surface area contributed by atoms with E-state index in [2.05, 4.69) is 26.9 Å². The van der Waals surface area contributed by atoms with E-state index in [1.54, 1.807) is 28.8 Å². The highest BCUT2D eigenvalue weighted by molar-refractivity contribution is 6.30. The second kappa shape index (κ2) is 9.15. The largest absolute Gasteiger partial charge is 0.382 e. The van der Waals surface area contributed by atoms with Gasteiger partial charge in [0, 0.05) is 10.7 Å². The van der Waals surface area contributed by atoms with Gasteiger partial charge in [0.05, 0.1) is 17.4 Å². The number of H-pyrrole nitrogens is 1. The van der Waals surface area contributed by atoms with E-state index >= 15 is 0 Å². The first-order valence-electron chi connectivity index (χ1n) is 9.97. The molecule has 0 bridgehead atoms. The standard InChI is InChI=1S/C18H15ClFNO.C5H5N5/c1-2-4-15-9-12-7-8-14(20)11-17(12)18(22)21(15)16-6-3-5-13(19)10-16;6-4-3-5(9-1-7-3)10-2-8-4/h3,5-11H,2,4H2,1H3;1-2H,(H3,6,7,8,9,10).